The van der Waals surface area contributed by atoms with Crippen molar-refractivity contribution in [3.63, 3.8) is 0 Å². The van der Waals surface area contributed by atoms with Crippen molar-refractivity contribution in [2.45, 2.75) is 31.7 Å². The van der Waals surface area contributed by atoms with Crippen LogP contribution in [-0.4, -0.2) is 35.9 Å². The van der Waals surface area contributed by atoms with Gasteiger partial charge in [0.15, 0.2) is 0 Å². The maximum absolute atomic E-state index is 11.6. The van der Waals surface area contributed by atoms with E-state index in [1.165, 1.54) is 0 Å². The molecule has 1 fully saturated rings. The van der Waals surface area contributed by atoms with Gasteiger partial charge in [-0.15, -0.1) is 24.8 Å². The average Bonchev–Trinajstić information content (AvgIpc) is 2.92. The summed E-state index contributed by atoms with van der Waals surface area (Å²) < 4.78 is 0. The molecule has 1 aromatic heterocycles. The van der Waals surface area contributed by atoms with Gasteiger partial charge in [0.2, 0.25) is 11.8 Å². The lowest BCUT2D eigenvalue weighted by Crippen LogP contribution is -2.33. The van der Waals surface area contributed by atoms with Crippen molar-refractivity contribution < 1.29 is 9.59 Å². The topological polar surface area (TPSA) is 83.1 Å². The van der Waals surface area contributed by atoms with Gasteiger partial charge in [0.1, 0.15) is 0 Å². The zero-order valence-electron chi connectivity index (χ0n) is 12.2. The lowest BCUT2D eigenvalue weighted by atomic mass is 10.1. The highest BCUT2D eigenvalue weighted by molar-refractivity contribution is 5.91. The van der Waals surface area contributed by atoms with E-state index in [-0.39, 0.29) is 43.0 Å². The average molecular weight is 349 g/mol. The quantitative estimate of drug-likeness (QED) is 0.727. The van der Waals surface area contributed by atoms with Gasteiger partial charge in [0.05, 0.1) is 0 Å². The van der Waals surface area contributed by atoms with E-state index in [0.29, 0.717) is 24.7 Å². The molecule has 124 valence electrons. The molecule has 1 aromatic rings. The monoisotopic (exact) mass is 348 g/mol. The minimum atomic E-state index is -0.115. The Bertz CT molecular complexity index is 453. The first-order valence-electron chi connectivity index (χ1n) is 6.94. The number of rotatable bonds is 6. The number of carbonyl (C=O) groups is 2. The van der Waals surface area contributed by atoms with Crippen LogP contribution in [-0.2, 0) is 9.59 Å². The molecule has 8 heteroatoms. The summed E-state index contributed by atoms with van der Waals surface area (Å²) in [6.07, 6.45) is 6.18. The zero-order valence-corrected chi connectivity index (χ0v) is 13.8. The molecule has 0 aromatic carbocycles. The molecule has 1 atom stereocenters. The number of nitrogens with zero attached hydrogens (tertiary/aromatic N) is 1. The molecule has 1 aliphatic rings. The van der Waals surface area contributed by atoms with Crippen molar-refractivity contribution in [2.75, 3.05) is 18.4 Å². The second kappa shape index (κ2) is 11.2. The number of halogens is 2. The summed E-state index contributed by atoms with van der Waals surface area (Å²) in [7, 11) is 0. The van der Waals surface area contributed by atoms with Crippen LogP contribution in [0.15, 0.2) is 24.5 Å². The van der Waals surface area contributed by atoms with Crippen LogP contribution in [0, 0.1) is 0 Å². The lowest BCUT2D eigenvalue weighted by molar-refractivity contribution is -0.121. The van der Waals surface area contributed by atoms with Crippen molar-refractivity contribution in [1.82, 2.24) is 15.6 Å². The van der Waals surface area contributed by atoms with Crippen LogP contribution in [0.4, 0.5) is 5.69 Å². The highest BCUT2D eigenvalue weighted by atomic mass is 35.5. The summed E-state index contributed by atoms with van der Waals surface area (Å²) in [5, 5.41) is 8.79. The molecule has 0 radical (unpaired) electrons. The Hall–Kier alpha value is -1.37. The van der Waals surface area contributed by atoms with Crippen LogP contribution in [0.1, 0.15) is 25.7 Å². The Morgan fingerprint density at radius 2 is 1.95 bits per heavy atom. The third-order valence-electron chi connectivity index (χ3n) is 3.23. The summed E-state index contributed by atoms with van der Waals surface area (Å²) in [6, 6.07) is 3.74. The Balaban J connectivity index is 0.00000220. The van der Waals surface area contributed by atoms with Gasteiger partial charge in [-0.1, -0.05) is 0 Å². The maximum Gasteiger partial charge on any atom is 0.226 e. The second-order valence-electron chi connectivity index (χ2n) is 4.88. The minimum Gasteiger partial charge on any atom is -0.356 e. The smallest absolute Gasteiger partial charge is 0.226 e. The summed E-state index contributed by atoms with van der Waals surface area (Å²) in [5.74, 6) is -0.114. The number of carbonyl (C=O) groups excluding carboxylic acids is 2. The van der Waals surface area contributed by atoms with E-state index in [1.54, 1.807) is 24.5 Å². The lowest BCUT2D eigenvalue weighted by Gasteiger charge is -2.10. The van der Waals surface area contributed by atoms with E-state index in [9.17, 15) is 9.59 Å². The van der Waals surface area contributed by atoms with Crippen molar-refractivity contribution >= 4 is 42.3 Å². The highest BCUT2D eigenvalue weighted by Gasteiger charge is 2.17. The molecule has 0 aliphatic carbocycles. The highest BCUT2D eigenvalue weighted by Crippen LogP contribution is 2.08. The van der Waals surface area contributed by atoms with Crippen LogP contribution in [0.25, 0.3) is 0 Å². The number of hydrogen-bond donors (Lipinski definition) is 3. The molecule has 3 N–H and O–H groups in total. The molecular weight excluding hydrogens is 327 g/mol. The molecule has 0 saturated carbocycles. The fourth-order valence-electron chi connectivity index (χ4n) is 2.20. The van der Waals surface area contributed by atoms with Gasteiger partial charge in [-0.05, 0) is 31.5 Å². The fraction of sp³-hybridized carbons (Fsp3) is 0.500. The van der Waals surface area contributed by atoms with E-state index in [4.69, 9.17) is 0 Å². The molecule has 2 amide bonds. The predicted molar refractivity (Wildman–Crippen MR) is 90.6 cm³/mol. The van der Waals surface area contributed by atoms with Crippen molar-refractivity contribution in [1.29, 1.82) is 0 Å². The zero-order chi connectivity index (χ0) is 14.2. The molecule has 2 heterocycles. The summed E-state index contributed by atoms with van der Waals surface area (Å²) in [4.78, 5) is 27.2. The molecule has 22 heavy (non-hydrogen) atoms. The van der Waals surface area contributed by atoms with Crippen molar-refractivity contribution in [3.8, 4) is 0 Å². The number of amides is 2. The summed E-state index contributed by atoms with van der Waals surface area (Å²) in [5.41, 5.74) is 0.714. The molecule has 1 aliphatic heterocycles. The summed E-state index contributed by atoms with van der Waals surface area (Å²) >= 11 is 0. The number of hydrogen-bond acceptors (Lipinski definition) is 4. The minimum absolute atomic E-state index is 0. The van der Waals surface area contributed by atoms with E-state index < -0.39 is 0 Å². The Morgan fingerprint density at radius 1 is 1.23 bits per heavy atom. The first kappa shape index (κ1) is 20.6. The van der Waals surface area contributed by atoms with Crippen LogP contribution >= 0.6 is 24.8 Å². The number of nitrogens with one attached hydrogen (secondary N) is 3. The molecular formula is C14H22Cl2N4O2. The van der Waals surface area contributed by atoms with Gasteiger partial charge in [-0.2, -0.15) is 0 Å². The van der Waals surface area contributed by atoms with Gasteiger partial charge in [0.25, 0.3) is 0 Å². The Labute approximate surface area is 142 Å². The van der Waals surface area contributed by atoms with E-state index in [1.807, 2.05) is 0 Å². The first-order valence-corrected chi connectivity index (χ1v) is 6.94. The normalized spacial score (nSPS) is 16.1. The largest absolute Gasteiger partial charge is 0.356 e. The SMILES string of the molecule is Cl.Cl.O=C(CC1CCCN1)NCCC(=O)Nc1ccncc1. The Morgan fingerprint density at radius 3 is 2.59 bits per heavy atom. The molecule has 6 nitrogen and oxygen atoms in total. The number of pyridine rings is 1. The third kappa shape index (κ3) is 7.59. The molecule has 2 rings (SSSR count). The van der Waals surface area contributed by atoms with E-state index in [0.717, 1.165) is 19.4 Å². The number of anilines is 1. The van der Waals surface area contributed by atoms with Gasteiger partial charge >= 0.3 is 0 Å². The van der Waals surface area contributed by atoms with Crippen molar-refractivity contribution in [2.24, 2.45) is 0 Å². The van der Waals surface area contributed by atoms with Gasteiger partial charge in [-0.25, -0.2) is 0 Å². The van der Waals surface area contributed by atoms with Crippen LogP contribution in [0.5, 0.6) is 0 Å². The van der Waals surface area contributed by atoms with Gasteiger partial charge in [-0.3, -0.25) is 14.6 Å². The van der Waals surface area contributed by atoms with Crippen molar-refractivity contribution in [3.05, 3.63) is 24.5 Å². The van der Waals surface area contributed by atoms with Crippen LogP contribution < -0.4 is 16.0 Å². The predicted octanol–water partition coefficient (Wildman–Crippen LogP) is 1.51. The Kier molecular flexibility index (Phi) is 10.5. The number of aromatic nitrogens is 1. The van der Waals surface area contributed by atoms with Gasteiger partial charge in [0, 0.05) is 43.5 Å². The van der Waals surface area contributed by atoms with E-state index >= 15 is 0 Å². The van der Waals surface area contributed by atoms with E-state index in [2.05, 4.69) is 20.9 Å². The molecule has 1 saturated heterocycles. The standard InChI is InChI=1S/C14H20N4O2.2ClH/c19-13(18-11-3-7-15-8-4-11)5-9-17-14(20)10-12-2-1-6-16-12;;/h3-4,7-8,12,16H,1-2,5-6,9-10H2,(H,17,20)(H,15,18,19);2*1H. The maximum atomic E-state index is 11.6. The van der Waals surface area contributed by atoms with Gasteiger partial charge < -0.3 is 16.0 Å². The van der Waals surface area contributed by atoms with Crippen LogP contribution in [0.2, 0.25) is 0 Å². The molecule has 0 spiro atoms. The molecule has 0 bridgehead atoms. The fourth-order valence-corrected chi connectivity index (χ4v) is 2.20. The first-order chi connectivity index (χ1) is 9.74. The third-order valence-corrected chi connectivity index (χ3v) is 3.23. The van der Waals surface area contributed by atoms with Crippen LogP contribution in [0.3, 0.4) is 0 Å². The summed E-state index contributed by atoms with van der Waals surface area (Å²) in [6.45, 7) is 1.36. The second-order valence-corrected chi connectivity index (χ2v) is 4.88. The molecule has 1 unspecified atom stereocenters.